The third-order valence-electron chi connectivity index (χ3n) is 3.07. The normalized spacial score (nSPS) is 17.1. The number of nitrogens with zero attached hydrogens (tertiary/aromatic N) is 1. The van der Waals surface area contributed by atoms with E-state index in [1.54, 1.807) is 19.1 Å². The summed E-state index contributed by atoms with van der Waals surface area (Å²) < 4.78 is 26.1. The summed E-state index contributed by atoms with van der Waals surface area (Å²) in [5, 5.41) is 18.3. The van der Waals surface area contributed by atoms with Crippen molar-refractivity contribution in [2.45, 2.75) is 24.7 Å². The number of hydrogen-bond donors (Lipinski definition) is 2. The maximum absolute atomic E-state index is 12.3. The van der Waals surface area contributed by atoms with Gasteiger partial charge >= 0.3 is 7.12 Å². The molecule has 7 heteroatoms. The van der Waals surface area contributed by atoms with Crippen LogP contribution in [0.5, 0.6) is 0 Å². The van der Waals surface area contributed by atoms with Gasteiger partial charge in [0.2, 0.25) is 10.0 Å². The molecule has 0 aliphatic carbocycles. The summed E-state index contributed by atoms with van der Waals surface area (Å²) in [6.07, 6.45) is 1.75. The zero-order chi connectivity index (χ0) is 13.3. The minimum absolute atomic E-state index is 0.132. The van der Waals surface area contributed by atoms with Gasteiger partial charge in [-0.05, 0) is 37.4 Å². The Balaban J connectivity index is 2.43. The molecule has 0 saturated carbocycles. The number of hydrogen-bond acceptors (Lipinski definition) is 4. The van der Waals surface area contributed by atoms with Crippen molar-refractivity contribution in [1.29, 1.82) is 0 Å². The molecule has 0 radical (unpaired) electrons. The molecular formula is C11H16BNO4S. The molecule has 0 amide bonds. The van der Waals surface area contributed by atoms with Gasteiger partial charge in [0, 0.05) is 13.1 Å². The van der Waals surface area contributed by atoms with Gasteiger partial charge in [-0.15, -0.1) is 0 Å². The van der Waals surface area contributed by atoms with Crippen LogP contribution in [0.4, 0.5) is 0 Å². The molecule has 1 fully saturated rings. The van der Waals surface area contributed by atoms with Gasteiger partial charge in [-0.1, -0.05) is 11.6 Å². The van der Waals surface area contributed by atoms with Gasteiger partial charge in [-0.25, -0.2) is 8.42 Å². The quantitative estimate of drug-likeness (QED) is 0.722. The molecule has 0 bridgehead atoms. The van der Waals surface area contributed by atoms with E-state index in [1.807, 2.05) is 0 Å². The average Bonchev–Trinajstić information content (AvgIpc) is 2.82. The first-order valence-corrected chi connectivity index (χ1v) is 7.33. The van der Waals surface area contributed by atoms with Crippen molar-refractivity contribution < 1.29 is 18.5 Å². The second-order valence-corrected chi connectivity index (χ2v) is 6.50. The van der Waals surface area contributed by atoms with E-state index in [9.17, 15) is 8.42 Å². The Kier molecular flexibility index (Phi) is 3.77. The summed E-state index contributed by atoms with van der Waals surface area (Å²) in [5.74, 6) is 0. The molecule has 1 aromatic rings. The van der Waals surface area contributed by atoms with Crippen LogP contribution in [0.2, 0.25) is 0 Å². The first-order chi connectivity index (χ1) is 8.41. The maximum Gasteiger partial charge on any atom is 0.488 e. The maximum atomic E-state index is 12.3. The van der Waals surface area contributed by atoms with Crippen molar-refractivity contribution in [2.75, 3.05) is 13.1 Å². The molecular weight excluding hydrogens is 253 g/mol. The molecule has 2 rings (SSSR count). The van der Waals surface area contributed by atoms with Gasteiger partial charge in [0.25, 0.3) is 0 Å². The second-order valence-electron chi connectivity index (χ2n) is 4.56. The molecule has 98 valence electrons. The molecule has 5 nitrogen and oxygen atoms in total. The first-order valence-electron chi connectivity index (χ1n) is 5.89. The largest absolute Gasteiger partial charge is 0.488 e. The highest BCUT2D eigenvalue weighted by Crippen LogP contribution is 2.20. The van der Waals surface area contributed by atoms with Crippen molar-refractivity contribution in [3.63, 3.8) is 0 Å². The molecule has 1 aromatic carbocycles. The summed E-state index contributed by atoms with van der Waals surface area (Å²) >= 11 is 0. The first kappa shape index (κ1) is 13.5. The standard InChI is InChI=1S/C11H16BNO4S/c1-9-6-10(12(14)15)8-11(7-9)18(16,17)13-4-2-3-5-13/h6-8,14-15H,2-5H2,1H3. The lowest BCUT2D eigenvalue weighted by Gasteiger charge is -2.16. The summed E-state index contributed by atoms with van der Waals surface area (Å²) in [4.78, 5) is 0.132. The van der Waals surface area contributed by atoms with E-state index < -0.39 is 17.1 Å². The van der Waals surface area contributed by atoms with Gasteiger partial charge in [0.15, 0.2) is 0 Å². The molecule has 1 heterocycles. The van der Waals surface area contributed by atoms with E-state index in [-0.39, 0.29) is 10.4 Å². The smallest absolute Gasteiger partial charge is 0.423 e. The van der Waals surface area contributed by atoms with Crippen molar-refractivity contribution in [3.8, 4) is 0 Å². The van der Waals surface area contributed by atoms with Crippen LogP contribution in [0.1, 0.15) is 18.4 Å². The monoisotopic (exact) mass is 269 g/mol. The molecule has 1 aliphatic rings. The molecule has 0 atom stereocenters. The highest BCUT2D eigenvalue weighted by atomic mass is 32.2. The topological polar surface area (TPSA) is 77.8 Å². The van der Waals surface area contributed by atoms with Gasteiger partial charge in [0.1, 0.15) is 0 Å². The van der Waals surface area contributed by atoms with Crippen LogP contribution < -0.4 is 5.46 Å². The SMILES string of the molecule is Cc1cc(B(O)O)cc(S(=O)(=O)N2CCCC2)c1. The Morgan fingerprint density at radius 2 is 1.78 bits per heavy atom. The third kappa shape index (κ3) is 2.59. The summed E-state index contributed by atoms with van der Waals surface area (Å²) in [6.45, 7) is 2.80. The van der Waals surface area contributed by atoms with E-state index >= 15 is 0 Å². The number of benzene rings is 1. The Bertz CT molecular complexity index is 538. The predicted molar refractivity (Wildman–Crippen MR) is 69.0 cm³/mol. The van der Waals surface area contributed by atoms with Crippen LogP contribution in [0.15, 0.2) is 23.1 Å². The highest BCUT2D eigenvalue weighted by Gasteiger charge is 2.28. The van der Waals surface area contributed by atoms with E-state index in [2.05, 4.69) is 0 Å². The molecule has 0 unspecified atom stereocenters. The van der Waals surface area contributed by atoms with Crippen LogP contribution in [0, 0.1) is 6.92 Å². The van der Waals surface area contributed by atoms with Gasteiger partial charge in [0.05, 0.1) is 4.90 Å². The molecule has 1 saturated heterocycles. The lowest BCUT2D eigenvalue weighted by atomic mass is 9.80. The summed E-state index contributed by atoms with van der Waals surface area (Å²) in [5.41, 5.74) is 0.895. The van der Waals surface area contributed by atoms with Crippen molar-refractivity contribution in [3.05, 3.63) is 23.8 Å². The number of aryl methyl sites for hydroxylation is 1. The van der Waals surface area contributed by atoms with Crippen LogP contribution in [-0.4, -0.2) is 43.0 Å². The zero-order valence-electron chi connectivity index (χ0n) is 10.2. The molecule has 18 heavy (non-hydrogen) atoms. The fraction of sp³-hybridized carbons (Fsp3) is 0.455. The van der Waals surface area contributed by atoms with E-state index in [1.165, 1.54) is 10.4 Å². The van der Waals surface area contributed by atoms with Crippen molar-refractivity contribution >= 4 is 22.6 Å². The Morgan fingerprint density at radius 3 is 2.33 bits per heavy atom. The molecule has 0 aromatic heterocycles. The predicted octanol–water partition coefficient (Wildman–Crippen LogP) is -0.541. The van der Waals surface area contributed by atoms with E-state index in [4.69, 9.17) is 10.0 Å². The number of sulfonamides is 1. The number of rotatable bonds is 3. The van der Waals surface area contributed by atoms with Crippen LogP contribution in [0.25, 0.3) is 0 Å². The van der Waals surface area contributed by atoms with Gasteiger partial charge < -0.3 is 10.0 Å². The van der Waals surface area contributed by atoms with Crippen molar-refractivity contribution in [2.24, 2.45) is 0 Å². The summed E-state index contributed by atoms with van der Waals surface area (Å²) in [6, 6.07) is 4.44. The van der Waals surface area contributed by atoms with Crippen molar-refractivity contribution in [1.82, 2.24) is 4.31 Å². The Labute approximate surface area is 107 Å². The lowest BCUT2D eigenvalue weighted by molar-refractivity contribution is 0.425. The van der Waals surface area contributed by atoms with Crippen LogP contribution >= 0.6 is 0 Å². The Hall–Kier alpha value is -0.885. The fourth-order valence-corrected chi connectivity index (χ4v) is 3.81. The minimum Gasteiger partial charge on any atom is -0.423 e. The average molecular weight is 269 g/mol. The fourth-order valence-electron chi connectivity index (χ4n) is 2.15. The van der Waals surface area contributed by atoms with Crippen LogP contribution in [-0.2, 0) is 10.0 Å². The third-order valence-corrected chi connectivity index (χ3v) is 4.95. The minimum atomic E-state index is -3.51. The molecule has 0 spiro atoms. The Morgan fingerprint density at radius 1 is 1.17 bits per heavy atom. The van der Waals surface area contributed by atoms with Gasteiger partial charge in [-0.3, -0.25) is 0 Å². The van der Waals surface area contributed by atoms with Gasteiger partial charge in [-0.2, -0.15) is 4.31 Å². The van der Waals surface area contributed by atoms with E-state index in [0.29, 0.717) is 18.7 Å². The second kappa shape index (κ2) is 5.01. The lowest BCUT2D eigenvalue weighted by Crippen LogP contribution is -2.33. The molecule has 2 N–H and O–H groups in total. The zero-order valence-corrected chi connectivity index (χ0v) is 11.0. The van der Waals surface area contributed by atoms with E-state index in [0.717, 1.165) is 12.8 Å². The highest BCUT2D eigenvalue weighted by molar-refractivity contribution is 7.89. The molecule has 1 aliphatic heterocycles. The van der Waals surface area contributed by atoms with Crippen LogP contribution in [0.3, 0.4) is 0 Å². The summed E-state index contributed by atoms with van der Waals surface area (Å²) in [7, 11) is -5.16.